The number of hydrogen-bond acceptors (Lipinski definition) is 3. The van der Waals surface area contributed by atoms with Gasteiger partial charge in [0.2, 0.25) is 0 Å². The first-order valence-electron chi connectivity index (χ1n) is 5.26. The molecule has 0 fully saturated rings. The smallest absolute Gasteiger partial charge is 0.122 e. The first-order chi connectivity index (χ1) is 7.31. The predicted octanol–water partition coefficient (Wildman–Crippen LogP) is 2.15. The van der Waals surface area contributed by atoms with E-state index in [4.69, 9.17) is 10.3 Å². The number of nitrogens with two attached hydrogens (primary N) is 1. The van der Waals surface area contributed by atoms with E-state index in [1.54, 1.807) is 0 Å². The van der Waals surface area contributed by atoms with Gasteiger partial charge in [-0.2, -0.15) is 0 Å². The summed E-state index contributed by atoms with van der Waals surface area (Å²) in [4.78, 5) is 0. The van der Waals surface area contributed by atoms with E-state index < -0.39 is 0 Å². The molecule has 0 aliphatic heterocycles. The summed E-state index contributed by atoms with van der Waals surface area (Å²) < 4.78 is 5.63. The summed E-state index contributed by atoms with van der Waals surface area (Å²) in [5.74, 6) is 13.2. The summed E-state index contributed by atoms with van der Waals surface area (Å²) in [6.45, 7) is 3.91. The average molecular weight is 206 g/mol. The van der Waals surface area contributed by atoms with Gasteiger partial charge >= 0.3 is 0 Å². The van der Waals surface area contributed by atoms with Crippen LogP contribution in [-0.2, 0) is 6.42 Å². The summed E-state index contributed by atoms with van der Waals surface area (Å²) in [6, 6.07) is 4.03. The maximum Gasteiger partial charge on any atom is 0.122 e. The Bertz CT molecular complexity index is 346. The molecule has 0 saturated heterocycles. The Balaban J connectivity index is 2.59. The van der Waals surface area contributed by atoms with Crippen LogP contribution in [0.4, 0.5) is 0 Å². The molecule has 1 atom stereocenters. The fourth-order valence-corrected chi connectivity index (χ4v) is 1.42. The van der Waals surface area contributed by atoms with Crippen molar-refractivity contribution in [3.8, 4) is 11.8 Å². The van der Waals surface area contributed by atoms with Crippen LogP contribution in [0.25, 0.3) is 0 Å². The van der Waals surface area contributed by atoms with Crippen LogP contribution in [0.2, 0.25) is 0 Å². The highest BCUT2D eigenvalue weighted by Gasteiger charge is 2.12. The van der Waals surface area contributed by atoms with Gasteiger partial charge in [-0.25, -0.2) is 5.43 Å². The molecular formula is C12H18N2O. The molecule has 1 aromatic rings. The van der Waals surface area contributed by atoms with Crippen molar-refractivity contribution in [3.05, 3.63) is 23.7 Å². The van der Waals surface area contributed by atoms with Crippen molar-refractivity contribution in [3.63, 3.8) is 0 Å². The molecule has 1 rings (SSSR count). The molecule has 0 aliphatic rings. The van der Waals surface area contributed by atoms with E-state index in [2.05, 4.69) is 24.2 Å². The molecule has 0 bridgehead atoms. The van der Waals surface area contributed by atoms with Crippen LogP contribution in [-0.4, -0.2) is 0 Å². The molecule has 82 valence electrons. The molecule has 0 aliphatic carbocycles. The summed E-state index contributed by atoms with van der Waals surface area (Å²) in [6.07, 6.45) is 2.60. The van der Waals surface area contributed by atoms with Gasteiger partial charge in [-0.1, -0.05) is 6.92 Å². The lowest BCUT2D eigenvalue weighted by atomic mass is 10.1. The maximum absolute atomic E-state index is 5.63. The van der Waals surface area contributed by atoms with Crippen LogP contribution in [0.15, 0.2) is 16.5 Å². The third-order valence-corrected chi connectivity index (χ3v) is 2.31. The van der Waals surface area contributed by atoms with Crippen molar-refractivity contribution >= 4 is 0 Å². The van der Waals surface area contributed by atoms with Gasteiger partial charge in [0.05, 0.1) is 6.04 Å². The van der Waals surface area contributed by atoms with E-state index in [1.165, 1.54) is 0 Å². The van der Waals surface area contributed by atoms with Crippen LogP contribution in [0.3, 0.4) is 0 Å². The molecule has 0 aromatic carbocycles. The summed E-state index contributed by atoms with van der Waals surface area (Å²) in [5, 5.41) is 0. The van der Waals surface area contributed by atoms with Gasteiger partial charge in [0, 0.05) is 12.8 Å². The number of rotatable bonds is 5. The summed E-state index contributed by atoms with van der Waals surface area (Å²) in [7, 11) is 0. The van der Waals surface area contributed by atoms with Gasteiger partial charge in [0.1, 0.15) is 11.5 Å². The Kier molecular flexibility index (Phi) is 4.96. The number of hydrogen-bond donors (Lipinski definition) is 2. The summed E-state index contributed by atoms with van der Waals surface area (Å²) in [5.41, 5.74) is 2.75. The fraction of sp³-hybridized carbons (Fsp3) is 0.500. The Morgan fingerprint density at radius 3 is 2.87 bits per heavy atom. The quantitative estimate of drug-likeness (QED) is 0.441. The molecule has 0 spiro atoms. The average Bonchev–Trinajstić information content (AvgIpc) is 2.73. The molecule has 15 heavy (non-hydrogen) atoms. The van der Waals surface area contributed by atoms with Gasteiger partial charge in [0.15, 0.2) is 0 Å². The first kappa shape index (κ1) is 11.8. The highest BCUT2D eigenvalue weighted by atomic mass is 16.3. The van der Waals surface area contributed by atoms with Crippen molar-refractivity contribution in [2.24, 2.45) is 5.84 Å². The minimum atomic E-state index is 0.0612. The standard InChI is InChI=1S/C12H18N2O/c1-3-5-6-7-11(14-13)12-9-8-10(4-2)15-12/h8-9,11,14H,4,6-7,13H2,1-2H3. The normalized spacial score (nSPS) is 11.9. The van der Waals surface area contributed by atoms with Crippen LogP contribution < -0.4 is 11.3 Å². The molecule has 1 heterocycles. The topological polar surface area (TPSA) is 51.2 Å². The van der Waals surface area contributed by atoms with Gasteiger partial charge in [-0.3, -0.25) is 5.84 Å². The zero-order chi connectivity index (χ0) is 11.1. The van der Waals surface area contributed by atoms with Gasteiger partial charge in [0.25, 0.3) is 0 Å². The second kappa shape index (κ2) is 6.28. The SMILES string of the molecule is CC#CCCC(NN)c1ccc(CC)o1. The van der Waals surface area contributed by atoms with E-state index in [0.717, 1.165) is 30.8 Å². The highest BCUT2D eigenvalue weighted by Crippen LogP contribution is 2.20. The third-order valence-electron chi connectivity index (χ3n) is 2.31. The molecule has 1 unspecified atom stereocenters. The molecule has 3 nitrogen and oxygen atoms in total. The van der Waals surface area contributed by atoms with Gasteiger partial charge < -0.3 is 4.42 Å². The predicted molar refractivity (Wildman–Crippen MR) is 60.8 cm³/mol. The van der Waals surface area contributed by atoms with Crippen LogP contribution in [0.5, 0.6) is 0 Å². The highest BCUT2D eigenvalue weighted by molar-refractivity contribution is 5.11. The van der Waals surface area contributed by atoms with Crippen LogP contribution in [0, 0.1) is 11.8 Å². The molecular weight excluding hydrogens is 188 g/mol. The molecule has 3 heteroatoms. The molecule has 3 N–H and O–H groups in total. The Labute approximate surface area is 91.0 Å². The van der Waals surface area contributed by atoms with E-state index in [9.17, 15) is 0 Å². The van der Waals surface area contributed by atoms with E-state index in [1.807, 2.05) is 19.1 Å². The molecule has 1 aromatic heterocycles. The zero-order valence-corrected chi connectivity index (χ0v) is 9.34. The van der Waals surface area contributed by atoms with Crippen LogP contribution in [0.1, 0.15) is 44.3 Å². The van der Waals surface area contributed by atoms with E-state index >= 15 is 0 Å². The number of hydrazine groups is 1. The first-order valence-corrected chi connectivity index (χ1v) is 5.26. The Morgan fingerprint density at radius 2 is 2.33 bits per heavy atom. The van der Waals surface area contributed by atoms with Crippen molar-refractivity contribution in [1.29, 1.82) is 0 Å². The van der Waals surface area contributed by atoms with Crippen molar-refractivity contribution < 1.29 is 4.42 Å². The van der Waals surface area contributed by atoms with E-state index in [-0.39, 0.29) is 6.04 Å². The van der Waals surface area contributed by atoms with E-state index in [0.29, 0.717) is 0 Å². The third kappa shape index (κ3) is 3.43. The lowest BCUT2D eigenvalue weighted by molar-refractivity contribution is 0.386. The lowest BCUT2D eigenvalue weighted by Gasteiger charge is -2.11. The minimum absolute atomic E-state index is 0.0612. The number of furan rings is 1. The van der Waals surface area contributed by atoms with Gasteiger partial charge in [-0.05, 0) is 25.5 Å². The van der Waals surface area contributed by atoms with Crippen molar-refractivity contribution in [2.75, 3.05) is 0 Å². The van der Waals surface area contributed by atoms with Crippen molar-refractivity contribution in [1.82, 2.24) is 5.43 Å². The largest absolute Gasteiger partial charge is 0.464 e. The Morgan fingerprint density at radius 1 is 1.53 bits per heavy atom. The monoisotopic (exact) mass is 206 g/mol. The Hall–Kier alpha value is -1.24. The van der Waals surface area contributed by atoms with Crippen molar-refractivity contribution in [2.45, 2.75) is 39.2 Å². The number of aryl methyl sites for hydroxylation is 1. The van der Waals surface area contributed by atoms with Crippen LogP contribution >= 0.6 is 0 Å². The second-order valence-electron chi connectivity index (χ2n) is 3.34. The second-order valence-corrected chi connectivity index (χ2v) is 3.34. The molecule has 0 amide bonds. The number of nitrogens with one attached hydrogen (secondary N) is 1. The molecule has 0 radical (unpaired) electrons. The molecule has 0 saturated carbocycles. The lowest BCUT2D eigenvalue weighted by Crippen LogP contribution is -2.27. The van der Waals surface area contributed by atoms with Gasteiger partial charge in [-0.15, -0.1) is 11.8 Å². The zero-order valence-electron chi connectivity index (χ0n) is 9.34. The maximum atomic E-state index is 5.63. The summed E-state index contributed by atoms with van der Waals surface area (Å²) >= 11 is 0. The fourth-order valence-electron chi connectivity index (χ4n) is 1.42. The minimum Gasteiger partial charge on any atom is -0.464 e.